The van der Waals surface area contributed by atoms with E-state index in [1.807, 2.05) is 24.3 Å². The molecule has 1 aliphatic heterocycles. The van der Waals surface area contributed by atoms with Gasteiger partial charge >= 0.3 is 5.97 Å². The van der Waals surface area contributed by atoms with Gasteiger partial charge in [-0.25, -0.2) is 12.8 Å². The van der Waals surface area contributed by atoms with Crippen molar-refractivity contribution < 1.29 is 22.3 Å². The summed E-state index contributed by atoms with van der Waals surface area (Å²) in [6.45, 7) is 0.817. The fourth-order valence-corrected chi connectivity index (χ4v) is 4.85. The highest BCUT2D eigenvalue weighted by atomic mass is 32.2. The van der Waals surface area contributed by atoms with E-state index < -0.39 is 15.8 Å². The maximum Gasteiger partial charge on any atom is 0.309 e. The van der Waals surface area contributed by atoms with Crippen molar-refractivity contribution in [2.75, 3.05) is 20.2 Å². The summed E-state index contributed by atoms with van der Waals surface area (Å²) < 4.78 is 44.6. The van der Waals surface area contributed by atoms with Crippen molar-refractivity contribution in [3.05, 3.63) is 65.5 Å². The van der Waals surface area contributed by atoms with Gasteiger partial charge in [-0.1, -0.05) is 24.3 Å². The lowest BCUT2D eigenvalue weighted by Crippen LogP contribution is -2.37. The molecule has 2 aromatic rings. The first-order valence-corrected chi connectivity index (χ1v) is 10.3. The maximum absolute atomic E-state index is 13.1. The average molecular weight is 391 g/mol. The fourth-order valence-electron chi connectivity index (χ4n) is 3.38. The van der Waals surface area contributed by atoms with Crippen molar-refractivity contribution in [3.63, 3.8) is 0 Å². The minimum atomic E-state index is -3.61. The van der Waals surface area contributed by atoms with Crippen LogP contribution < -0.4 is 0 Å². The van der Waals surface area contributed by atoms with E-state index in [2.05, 4.69) is 0 Å². The lowest BCUT2D eigenvalue weighted by molar-refractivity contribution is -0.139. The quantitative estimate of drug-likeness (QED) is 0.735. The average Bonchev–Trinajstić information content (AvgIpc) is 2.68. The highest BCUT2D eigenvalue weighted by Crippen LogP contribution is 2.31. The Bertz CT molecular complexity index is 904. The number of hydrogen-bond donors (Lipinski definition) is 0. The van der Waals surface area contributed by atoms with Gasteiger partial charge in [0.05, 0.1) is 18.4 Å². The van der Waals surface area contributed by atoms with Gasteiger partial charge in [0, 0.05) is 13.1 Å². The van der Waals surface area contributed by atoms with Crippen molar-refractivity contribution >= 4 is 16.0 Å². The number of carbonyl (C=O) groups excluding carboxylic acids is 1. The van der Waals surface area contributed by atoms with Gasteiger partial charge in [-0.15, -0.1) is 0 Å². The van der Waals surface area contributed by atoms with E-state index in [-0.39, 0.29) is 23.2 Å². The van der Waals surface area contributed by atoms with Crippen LogP contribution in [-0.2, 0) is 26.0 Å². The number of hydrogen-bond acceptors (Lipinski definition) is 4. The van der Waals surface area contributed by atoms with Crippen LogP contribution in [0.15, 0.2) is 53.4 Å². The molecule has 27 heavy (non-hydrogen) atoms. The monoisotopic (exact) mass is 391 g/mol. The topological polar surface area (TPSA) is 63.7 Å². The number of sulfonamides is 1. The first-order chi connectivity index (χ1) is 12.9. The minimum Gasteiger partial charge on any atom is -0.469 e. The van der Waals surface area contributed by atoms with E-state index in [4.69, 9.17) is 4.74 Å². The van der Waals surface area contributed by atoms with Gasteiger partial charge in [0.1, 0.15) is 5.82 Å². The molecule has 1 saturated heterocycles. The molecule has 0 saturated carbocycles. The van der Waals surface area contributed by atoms with Gasteiger partial charge < -0.3 is 4.74 Å². The molecule has 7 heteroatoms. The first kappa shape index (κ1) is 19.5. The van der Waals surface area contributed by atoms with Crippen LogP contribution in [-0.4, -0.2) is 38.9 Å². The Morgan fingerprint density at radius 3 is 2.44 bits per heavy atom. The van der Waals surface area contributed by atoms with Crippen LogP contribution in [0.25, 0.3) is 0 Å². The third-order valence-corrected chi connectivity index (χ3v) is 6.82. The Morgan fingerprint density at radius 2 is 1.81 bits per heavy atom. The highest BCUT2D eigenvalue weighted by molar-refractivity contribution is 7.89. The Hall–Kier alpha value is -2.25. The molecule has 1 aliphatic rings. The largest absolute Gasteiger partial charge is 0.469 e. The van der Waals surface area contributed by atoms with Crippen molar-refractivity contribution in [1.82, 2.24) is 4.31 Å². The van der Waals surface area contributed by atoms with Crippen molar-refractivity contribution in [2.45, 2.75) is 30.1 Å². The molecule has 0 atom stereocenters. The molecule has 1 heterocycles. The van der Waals surface area contributed by atoms with E-state index >= 15 is 0 Å². The molecule has 3 rings (SSSR count). The standard InChI is InChI=1S/C20H22FNO4S/c1-26-20(23)14-15-3-2-4-17(13-15)16-9-11-22(12-10-16)27(24,25)19-7-5-18(21)6-8-19/h2-8,13,16H,9-12,14H2,1H3. The summed E-state index contributed by atoms with van der Waals surface area (Å²) in [4.78, 5) is 11.6. The van der Waals surface area contributed by atoms with Gasteiger partial charge in [-0.2, -0.15) is 4.31 Å². The van der Waals surface area contributed by atoms with E-state index in [1.165, 1.54) is 23.5 Å². The van der Waals surface area contributed by atoms with Gasteiger partial charge in [-0.05, 0) is 54.2 Å². The summed E-state index contributed by atoms with van der Waals surface area (Å²) in [6.07, 6.45) is 1.62. The first-order valence-electron chi connectivity index (χ1n) is 8.81. The zero-order valence-corrected chi connectivity index (χ0v) is 15.9. The van der Waals surface area contributed by atoms with Crippen LogP contribution in [0.1, 0.15) is 29.9 Å². The summed E-state index contributed by atoms with van der Waals surface area (Å²) in [7, 11) is -2.24. The SMILES string of the molecule is COC(=O)Cc1cccc(C2CCN(S(=O)(=O)c3ccc(F)cc3)CC2)c1. The van der Waals surface area contributed by atoms with Crippen LogP contribution in [0.4, 0.5) is 4.39 Å². The molecule has 0 amide bonds. The number of carbonyl (C=O) groups is 1. The van der Waals surface area contributed by atoms with Crippen LogP contribution in [0.3, 0.4) is 0 Å². The van der Waals surface area contributed by atoms with E-state index in [0.29, 0.717) is 25.9 Å². The molecule has 144 valence electrons. The predicted octanol–water partition coefficient (Wildman–Crippen LogP) is 3.11. The molecular weight excluding hydrogens is 369 g/mol. The number of esters is 1. The molecule has 2 aromatic carbocycles. The zero-order chi connectivity index (χ0) is 19.4. The molecule has 0 N–H and O–H groups in total. The van der Waals surface area contributed by atoms with E-state index in [9.17, 15) is 17.6 Å². The zero-order valence-electron chi connectivity index (χ0n) is 15.1. The Balaban J connectivity index is 1.67. The number of methoxy groups -OCH3 is 1. The molecule has 0 unspecified atom stereocenters. The second-order valence-electron chi connectivity index (χ2n) is 6.63. The van der Waals surface area contributed by atoms with Crippen molar-refractivity contribution in [2.24, 2.45) is 0 Å². The number of nitrogens with zero attached hydrogens (tertiary/aromatic N) is 1. The number of halogens is 1. The van der Waals surface area contributed by atoms with Crippen molar-refractivity contribution in [1.29, 1.82) is 0 Å². The molecular formula is C20H22FNO4S. The van der Waals surface area contributed by atoms with Gasteiger partial charge in [0.25, 0.3) is 0 Å². The van der Waals surface area contributed by atoms with Gasteiger partial charge in [0.2, 0.25) is 10.0 Å². The molecule has 1 fully saturated rings. The van der Waals surface area contributed by atoms with E-state index in [1.54, 1.807) is 0 Å². The number of rotatable bonds is 5. The molecule has 5 nitrogen and oxygen atoms in total. The number of ether oxygens (including phenoxy) is 1. The predicted molar refractivity (Wildman–Crippen MR) is 99.3 cm³/mol. The number of benzene rings is 2. The fraction of sp³-hybridized carbons (Fsp3) is 0.350. The summed E-state index contributed by atoms with van der Waals surface area (Å²) in [5, 5.41) is 0. The van der Waals surface area contributed by atoms with Crippen molar-refractivity contribution in [3.8, 4) is 0 Å². The van der Waals surface area contributed by atoms with Crippen LogP contribution in [0, 0.1) is 5.82 Å². The Labute approximate surface area is 158 Å². The van der Waals surface area contributed by atoms with Crippen LogP contribution >= 0.6 is 0 Å². The minimum absolute atomic E-state index is 0.113. The molecule has 0 aromatic heterocycles. The highest BCUT2D eigenvalue weighted by Gasteiger charge is 2.30. The molecule has 0 spiro atoms. The van der Waals surface area contributed by atoms with Crippen LogP contribution in [0.5, 0.6) is 0 Å². The second kappa shape index (κ2) is 8.19. The summed E-state index contributed by atoms with van der Waals surface area (Å²) in [6, 6.07) is 12.7. The third-order valence-electron chi connectivity index (χ3n) is 4.90. The summed E-state index contributed by atoms with van der Waals surface area (Å²) in [5.74, 6) is -0.505. The van der Waals surface area contributed by atoms with Gasteiger partial charge in [0.15, 0.2) is 0 Å². The Morgan fingerprint density at radius 1 is 1.15 bits per heavy atom. The normalized spacial score (nSPS) is 16.2. The van der Waals surface area contributed by atoms with E-state index in [0.717, 1.165) is 23.3 Å². The van der Waals surface area contributed by atoms with Gasteiger partial charge in [-0.3, -0.25) is 4.79 Å². The maximum atomic E-state index is 13.1. The molecule has 0 aliphatic carbocycles. The third kappa shape index (κ3) is 4.54. The van der Waals surface area contributed by atoms with Crippen LogP contribution in [0.2, 0.25) is 0 Å². The Kier molecular flexibility index (Phi) is 5.92. The molecule has 0 bridgehead atoms. The summed E-state index contributed by atoms with van der Waals surface area (Å²) >= 11 is 0. The smallest absolute Gasteiger partial charge is 0.309 e. The number of piperidine rings is 1. The lowest BCUT2D eigenvalue weighted by Gasteiger charge is -2.31. The summed E-state index contributed by atoms with van der Waals surface area (Å²) in [5.41, 5.74) is 2.00. The lowest BCUT2D eigenvalue weighted by atomic mass is 9.89. The second-order valence-corrected chi connectivity index (χ2v) is 8.57. The molecule has 0 radical (unpaired) electrons.